The van der Waals surface area contributed by atoms with Gasteiger partial charge in [-0.05, 0) is 25.2 Å². The van der Waals surface area contributed by atoms with E-state index < -0.39 is 0 Å². The number of amides is 1. The van der Waals surface area contributed by atoms with Crippen LogP contribution in [0.25, 0.3) is 0 Å². The Morgan fingerprint density at radius 2 is 1.89 bits per heavy atom. The van der Waals surface area contributed by atoms with Crippen molar-refractivity contribution < 1.29 is 4.79 Å². The van der Waals surface area contributed by atoms with Crippen molar-refractivity contribution in [2.24, 2.45) is 5.92 Å². The lowest BCUT2D eigenvalue weighted by Gasteiger charge is -2.32. The minimum Gasteiger partial charge on any atom is -0.323 e. The van der Waals surface area contributed by atoms with Gasteiger partial charge in [0.15, 0.2) is 0 Å². The minimum atomic E-state index is 0.0208. The molecule has 1 aliphatic rings. The third-order valence-corrected chi connectivity index (χ3v) is 3.94. The molecule has 0 aromatic heterocycles. The van der Waals surface area contributed by atoms with Crippen molar-refractivity contribution >= 4 is 5.91 Å². The molecule has 1 N–H and O–H groups in total. The first-order chi connectivity index (χ1) is 8.56. The van der Waals surface area contributed by atoms with Crippen LogP contribution in [0.1, 0.15) is 66.7 Å². The van der Waals surface area contributed by atoms with Crippen LogP contribution in [0.15, 0.2) is 0 Å². The summed E-state index contributed by atoms with van der Waals surface area (Å²) in [6, 6.07) is 0.433. The summed E-state index contributed by atoms with van der Waals surface area (Å²) in [6.45, 7) is 10.8. The first kappa shape index (κ1) is 15.5. The van der Waals surface area contributed by atoms with Crippen molar-refractivity contribution in [2.45, 2.75) is 85.0 Å². The van der Waals surface area contributed by atoms with Crippen LogP contribution in [0.3, 0.4) is 0 Å². The quantitative estimate of drug-likeness (QED) is 0.757. The Labute approximate surface area is 112 Å². The molecule has 1 amide bonds. The van der Waals surface area contributed by atoms with Crippen molar-refractivity contribution in [1.82, 2.24) is 10.2 Å². The van der Waals surface area contributed by atoms with Gasteiger partial charge in [0.2, 0.25) is 5.91 Å². The van der Waals surface area contributed by atoms with Crippen LogP contribution < -0.4 is 5.32 Å². The van der Waals surface area contributed by atoms with Crippen LogP contribution in [0.5, 0.6) is 0 Å². The number of rotatable bonds is 7. The highest BCUT2D eigenvalue weighted by Gasteiger charge is 2.42. The maximum atomic E-state index is 12.6. The van der Waals surface area contributed by atoms with Crippen molar-refractivity contribution in [3.63, 3.8) is 0 Å². The molecule has 1 saturated heterocycles. The third-order valence-electron chi connectivity index (χ3n) is 3.94. The summed E-state index contributed by atoms with van der Waals surface area (Å²) in [7, 11) is 0. The second-order valence-corrected chi connectivity index (χ2v) is 5.79. The number of nitrogens with one attached hydrogen (secondary N) is 1. The van der Waals surface area contributed by atoms with Crippen LogP contribution in [0.4, 0.5) is 0 Å². The number of carbonyl (C=O) groups is 1. The van der Waals surface area contributed by atoms with Crippen molar-refractivity contribution in [3.8, 4) is 0 Å². The Morgan fingerprint density at radius 3 is 2.33 bits per heavy atom. The number of hydrogen-bond donors (Lipinski definition) is 1. The molecule has 3 unspecified atom stereocenters. The molecule has 3 heteroatoms. The molecular weight excluding hydrogens is 224 g/mol. The van der Waals surface area contributed by atoms with Gasteiger partial charge >= 0.3 is 0 Å². The Balaban J connectivity index is 2.85. The Bertz CT molecular complexity index is 265. The van der Waals surface area contributed by atoms with E-state index in [9.17, 15) is 4.79 Å². The molecule has 1 rings (SSSR count). The molecule has 18 heavy (non-hydrogen) atoms. The molecule has 0 spiro atoms. The summed E-state index contributed by atoms with van der Waals surface area (Å²) in [4.78, 5) is 14.7. The normalized spacial score (nSPS) is 26.1. The topological polar surface area (TPSA) is 32.3 Å². The van der Waals surface area contributed by atoms with Gasteiger partial charge in [0.25, 0.3) is 0 Å². The van der Waals surface area contributed by atoms with Gasteiger partial charge in [-0.15, -0.1) is 0 Å². The smallest absolute Gasteiger partial charge is 0.241 e. The number of carbonyl (C=O) groups excluding carboxylic acids is 1. The van der Waals surface area contributed by atoms with E-state index in [1.54, 1.807) is 0 Å². The fourth-order valence-electron chi connectivity index (χ4n) is 2.95. The van der Waals surface area contributed by atoms with Gasteiger partial charge in [0.1, 0.15) is 0 Å². The van der Waals surface area contributed by atoms with E-state index >= 15 is 0 Å². The Morgan fingerprint density at radius 1 is 1.22 bits per heavy atom. The summed E-state index contributed by atoms with van der Waals surface area (Å²) in [5.41, 5.74) is 0. The molecule has 106 valence electrons. The molecular formula is C15H30N2O. The van der Waals surface area contributed by atoms with Gasteiger partial charge in [-0.2, -0.15) is 0 Å². The predicted molar refractivity (Wildman–Crippen MR) is 76.3 cm³/mol. The summed E-state index contributed by atoms with van der Waals surface area (Å²) >= 11 is 0. The largest absolute Gasteiger partial charge is 0.323 e. The predicted octanol–water partition coefficient (Wildman–Crippen LogP) is 3.15. The lowest BCUT2D eigenvalue weighted by Crippen LogP contribution is -2.44. The van der Waals surface area contributed by atoms with Crippen molar-refractivity contribution in [1.29, 1.82) is 0 Å². The Kier molecular flexibility index (Phi) is 6.13. The van der Waals surface area contributed by atoms with Crippen LogP contribution in [-0.4, -0.2) is 29.1 Å². The van der Waals surface area contributed by atoms with Crippen LogP contribution in [0, 0.1) is 5.92 Å². The highest BCUT2D eigenvalue weighted by atomic mass is 16.2. The molecule has 0 radical (unpaired) electrons. The molecule has 0 bridgehead atoms. The van der Waals surface area contributed by atoms with Crippen LogP contribution in [-0.2, 0) is 4.79 Å². The van der Waals surface area contributed by atoms with Crippen molar-refractivity contribution in [2.75, 3.05) is 0 Å². The molecule has 0 aromatic carbocycles. The lowest BCUT2D eigenvalue weighted by molar-refractivity contribution is -0.133. The summed E-state index contributed by atoms with van der Waals surface area (Å²) in [5, 5.41) is 3.54. The maximum absolute atomic E-state index is 12.6. The second kappa shape index (κ2) is 7.13. The minimum absolute atomic E-state index is 0.0208. The van der Waals surface area contributed by atoms with Gasteiger partial charge in [-0.1, -0.05) is 47.5 Å². The van der Waals surface area contributed by atoms with Gasteiger partial charge in [0.05, 0.1) is 12.2 Å². The van der Waals surface area contributed by atoms with E-state index in [4.69, 9.17) is 0 Å². The molecule has 1 heterocycles. The number of nitrogens with zero attached hydrogens (tertiary/aromatic N) is 1. The van der Waals surface area contributed by atoms with E-state index in [-0.39, 0.29) is 12.2 Å². The lowest BCUT2D eigenvalue weighted by atomic mass is 10.0. The summed E-state index contributed by atoms with van der Waals surface area (Å²) in [6.07, 6.45) is 5.77. The van der Waals surface area contributed by atoms with Gasteiger partial charge < -0.3 is 4.90 Å². The highest BCUT2D eigenvalue weighted by molar-refractivity contribution is 5.84. The highest BCUT2D eigenvalue weighted by Crippen LogP contribution is 2.25. The molecule has 1 fully saturated rings. The fraction of sp³-hybridized carbons (Fsp3) is 0.933. The summed E-state index contributed by atoms with van der Waals surface area (Å²) in [5.74, 6) is 0.699. The zero-order chi connectivity index (χ0) is 13.7. The zero-order valence-corrected chi connectivity index (χ0v) is 12.7. The van der Waals surface area contributed by atoms with Crippen LogP contribution in [0.2, 0.25) is 0 Å². The van der Waals surface area contributed by atoms with Crippen LogP contribution >= 0.6 is 0 Å². The van der Waals surface area contributed by atoms with E-state index in [1.165, 1.54) is 0 Å². The van der Waals surface area contributed by atoms with Crippen molar-refractivity contribution in [3.05, 3.63) is 0 Å². The first-order valence-corrected chi connectivity index (χ1v) is 7.64. The molecule has 3 nitrogen and oxygen atoms in total. The van der Waals surface area contributed by atoms with E-state index in [1.807, 2.05) is 0 Å². The fourth-order valence-corrected chi connectivity index (χ4v) is 2.95. The monoisotopic (exact) mass is 254 g/mol. The molecule has 3 atom stereocenters. The zero-order valence-electron chi connectivity index (χ0n) is 12.7. The molecule has 0 saturated carbocycles. The third kappa shape index (κ3) is 3.25. The van der Waals surface area contributed by atoms with Gasteiger partial charge in [-0.3, -0.25) is 10.1 Å². The standard InChI is InChI=1S/C15H30N2O/c1-6-9-12(8-3)17-13(10-7-2)16-14(11(4)5)15(17)18/h11-14,16H,6-10H2,1-5H3. The average molecular weight is 254 g/mol. The molecule has 1 aliphatic heterocycles. The molecule has 0 aromatic rings. The average Bonchev–Trinajstić information content (AvgIpc) is 2.64. The van der Waals surface area contributed by atoms with Gasteiger partial charge in [0, 0.05) is 6.04 Å². The first-order valence-electron chi connectivity index (χ1n) is 7.64. The van der Waals surface area contributed by atoms with E-state index in [2.05, 4.69) is 44.8 Å². The van der Waals surface area contributed by atoms with Gasteiger partial charge in [-0.25, -0.2) is 0 Å². The summed E-state index contributed by atoms with van der Waals surface area (Å²) < 4.78 is 0. The number of hydrogen-bond acceptors (Lipinski definition) is 2. The SMILES string of the molecule is CCCC(CC)N1C(=O)C(C(C)C)NC1CCC. The van der Waals surface area contributed by atoms with E-state index in [0.29, 0.717) is 17.9 Å². The Hall–Kier alpha value is -0.570. The van der Waals surface area contributed by atoms with E-state index in [0.717, 1.165) is 32.1 Å². The molecule has 0 aliphatic carbocycles. The second-order valence-electron chi connectivity index (χ2n) is 5.79. The maximum Gasteiger partial charge on any atom is 0.241 e.